The second-order valence-corrected chi connectivity index (χ2v) is 11.2. The fourth-order valence-corrected chi connectivity index (χ4v) is 6.61. The van der Waals surface area contributed by atoms with Crippen LogP contribution in [-0.2, 0) is 21.2 Å². The number of nitrogens with zero attached hydrogens (tertiary/aromatic N) is 3. The number of amides is 1. The minimum atomic E-state index is -3.87. The van der Waals surface area contributed by atoms with Crippen LogP contribution in [0, 0.1) is 0 Å². The first-order valence-corrected chi connectivity index (χ1v) is 13.6. The zero-order chi connectivity index (χ0) is 23.9. The van der Waals surface area contributed by atoms with E-state index in [9.17, 15) is 13.2 Å². The van der Waals surface area contributed by atoms with Gasteiger partial charge >= 0.3 is 0 Å². The first kappa shape index (κ1) is 22.9. The SMILES string of the molecule is COc1ccc(S(=O)(=O)Nc2nccs2)cc1N1CC[C@@H](N2CCCc3cc(Cl)ccc32)C1=O. The van der Waals surface area contributed by atoms with Crippen molar-refractivity contribution in [2.45, 2.75) is 30.2 Å². The van der Waals surface area contributed by atoms with Gasteiger partial charge < -0.3 is 14.5 Å². The van der Waals surface area contributed by atoms with Crippen molar-refractivity contribution < 1.29 is 17.9 Å². The number of anilines is 3. The number of carbonyl (C=O) groups excluding carboxylic acids is 1. The maximum atomic E-state index is 13.6. The van der Waals surface area contributed by atoms with E-state index >= 15 is 0 Å². The van der Waals surface area contributed by atoms with Crippen LogP contribution in [0.3, 0.4) is 0 Å². The molecule has 5 rings (SSSR count). The van der Waals surface area contributed by atoms with Crippen LogP contribution < -0.4 is 19.3 Å². The minimum absolute atomic E-state index is 0.0349. The molecule has 8 nitrogen and oxygen atoms in total. The van der Waals surface area contributed by atoms with Gasteiger partial charge in [-0.2, -0.15) is 0 Å². The molecule has 0 aliphatic carbocycles. The molecule has 3 aromatic rings. The molecule has 3 heterocycles. The average Bonchev–Trinajstić information content (AvgIpc) is 3.47. The summed E-state index contributed by atoms with van der Waals surface area (Å²) in [5, 5.41) is 2.65. The number of hydrogen-bond donors (Lipinski definition) is 1. The van der Waals surface area contributed by atoms with Gasteiger partial charge in [0.05, 0.1) is 17.7 Å². The van der Waals surface area contributed by atoms with Gasteiger partial charge in [0.15, 0.2) is 5.13 Å². The molecule has 0 bridgehead atoms. The van der Waals surface area contributed by atoms with Crippen molar-refractivity contribution in [1.29, 1.82) is 0 Å². The molecule has 1 fully saturated rings. The van der Waals surface area contributed by atoms with Crippen molar-refractivity contribution in [2.24, 2.45) is 0 Å². The smallest absolute Gasteiger partial charge is 0.263 e. The molecule has 0 unspecified atom stereocenters. The summed E-state index contributed by atoms with van der Waals surface area (Å²) in [6.45, 7) is 1.24. The Bertz CT molecular complexity index is 1330. The van der Waals surface area contributed by atoms with E-state index in [1.807, 2.05) is 18.2 Å². The van der Waals surface area contributed by atoms with Crippen molar-refractivity contribution in [3.05, 3.63) is 58.6 Å². The summed E-state index contributed by atoms with van der Waals surface area (Å²) in [5.41, 5.74) is 2.61. The van der Waals surface area contributed by atoms with Crippen molar-refractivity contribution >= 4 is 55.4 Å². The van der Waals surface area contributed by atoms with Crippen LogP contribution in [0.15, 0.2) is 52.9 Å². The summed E-state index contributed by atoms with van der Waals surface area (Å²) < 4.78 is 33.8. The topological polar surface area (TPSA) is 91.8 Å². The molecule has 2 aliphatic rings. The van der Waals surface area contributed by atoms with Gasteiger partial charge in [0.25, 0.3) is 10.0 Å². The van der Waals surface area contributed by atoms with Gasteiger partial charge in [-0.1, -0.05) is 11.6 Å². The number of halogens is 1. The van der Waals surface area contributed by atoms with Crippen molar-refractivity contribution in [1.82, 2.24) is 4.98 Å². The highest BCUT2D eigenvalue weighted by molar-refractivity contribution is 7.93. The molecule has 34 heavy (non-hydrogen) atoms. The average molecular weight is 519 g/mol. The highest BCUT2D eigenvalue weighted by Gasteiger charge is 2.39. The van der Waals surface area contributed by atoms with Gasteiger partial charge in [-0.05, 0) is 61.2 Å². The number of sulfonamides is 1. The fraction of sp³-hybridized carbons (Fsp3) is 0.304. The number of ether oxygens (including phenoxy) is 1. The number of aromatic nitrogens is 1. The Balaban J connectivity index is 1.45. The summed E-state index contributed by atoms with van der Waals surface area (Å²) in [5.74, 6) is 0.358. The van der Waals surface area contributed by atoms with Crippen molar-refractivity contribution in [2.75, 3.05) is 34.7 Å². The fourth-order valence-electron chi connectivity index (χ4n) is 4.61. The summed E-state index contributed by atoms with van der Waals surface area (Å²) in [6, 6.07) is 9.98. The third-order valence-corrected chi connectivity index (χ3v) is 8.54. The predicted molar refractivity (Wildman–Crippen MR) is 134 cm³/mol. The Hall–Kier alpha value is -2.82. The third kappa shape index (κ3) is 4.21. The molecule has 1 saturated heterocycles. The summed E-state index contributed by atoms with van der Waals surface area (Å²) in [4.78, 5) is 21.4. The maximum absolute atomic E-state index is 13.6. The lowest BCUT2D eigenvalue weighted by Crippen LogP contribution is -2.44. The number of fused-ring (bicyclic) bond motifs is 1. The van der Waals surface area contributed by atoms with Crippen LogP contribution in [0.1, 0.15) is 18.4 Å². The van der Waals surface area contributed by atoms with E-state index in [-0.39, 0.29) is 22.0 Å². The van der Waals surface area contributed by atoms with Crippen molar-refractivity contribution in [3.8, 4) is 5.75 Å². The standard InChI is InChI=1S/C23H23ClN4O4S2/c1-32-21-7-5-17(34(30,31)26-23-25-9-12-33-23)14-20(21)28-11-8-19(22(28)29)27-10-2-3-15-13-16(24)4-6-18(15)27/h4-7,9,12-14,19H,2-3,8,10-11H2,1H3,(H,25,26)/t19-/m1/s1. The largest absolute Gasteiger partial charge is 0.495 e. The van der Waals surface area contributed by atoms with Crippen molar-refractivity contribution in [3.63, 3.8) is 0 Å². The Morgan fingerprint density at radius 1 is 1.18 bits per heavy atom. The van der Waals surface area contributed by atoms with Gasteiger partial charge in [-0.25, -0.2) is 13.4 Å². The predicted octanol–water partition coefficient (Wildman–Crippen LogP) is 4.16. The molecule has 2 aromatic carbocycles. The van der Waals surface area contributed by atoms with E-state index < -0.39 is 10.0 Å². The Morgan fingerprint density at radius 2 is 2.03 bits per heavy atom. The molecule has 1 N–H and O–H groups in total. The monoisotopic (exact) mass is 518 g/mol. The highest BCUT2D eigenvalue weighted by atomic mass is 35.5. The van der Waals surface area contributed by atoms with E-state index in [1.165, 1.54) is 36.8 Å². The molecule has 2 aliphatic heterocycles. The lowest BCUT2D eigenvalue weighted by atomic mass is 9.99. The summed E-state index contributed by atoms with van der Waals surface area (Å²) in [7, 11) is -2.37. The van der Waals surface area contributed by atoms with Crippen LogP contribution >= 0.6 is 22.9 Å². The van der Waals surface area contributed by atoms with Gasteiger partial charge in [-0.15, -0.1) is 11.3 Å². The first-order chi connectivity index (χ1) is 16.4. The molecule has 1 amide bonds. The minimum Gasteiger partial charge on any atom is -0.495 e. The Kier molecular flexibility index (Phi) is 6.13. The van der Waals surface area contributed by atoms with Gasteiger partial charge in [0.2, 0.25) is 5.91 Å². The normalized spacial score (nSPS) is 18.2. The maximum Gasteiger partial charge on any atom is 0.263 e. The zero-order valence-corrected chi connectivity index (χ0v) is 20.8. The number of methoxy groups -OCH3 is 1. The van der Waals surface area contributed by atoms with Crippen LogP contribution in [0.2, 0.25) is 5.02 Å². The van der Waals surface area contributed by atoms with Crippen LogP contribution in [0.4, 0.5) is 16.5 Å². The second kappa shape index (κ2) is 9.09. The van der Waals surface area contributed by atoms with Crippen LogP contribution in [0.25, 0.3) is 0 Å². The van der Waals surface area contributed by atoms with E-state index in [0.29, 0.717) is 29.4 Å². The molecule has 1 aromatic heterocycles. The molecule has 0 radical (unpaired) electrons. The van der Waals surface area contributed by atoms with Gasteiger partial charge in [-0.3, -0.25) is 9.52 Å². The number of hydrogen-bond acceptors (Lipinski definition) is 7. The molecule has 1 atom stereocenters. The number of carbonyl (C=O) groups is 1. The number of thiazole rings is 1. The lowest BCUT2D eigenvalue weighted by molar-refractivity contribution is -0.118. The Morgan fingerprint density at radius 3 is 2.79 bits per heavy atom. The quantitative estimate of drug-likeness (QED) is 0.526. The molecule has 178 valence electrons. The molecular formula is C23H23ClN4O4S2. The van der Waals surface area contributed by atoms with Crippen LogP contribution in [0.5, 0.6) is 5.75 Å². The van der Waals surface area contributed by atoms with Gasteiger partial charge in [0, 0.05) is 35.4 Å². The van der Waals surface area contributed by atoms with Gasteiger partial charge in [0.1, 0.15) is 11.8 Å². The highest BCUT2D eigenvalue weighted by Crippen LogP contribution is 2.38. The summed E-state index contributed by atoms with van der Waals surface area (Å²) in [6.07, 6.45) is 4.02. The first-order valence-electron chi connectivity index (χ1n) is 10.8. The second-order valence-electron chi connectivity index (χ2n) is 8.14. The number of benzene rings is 2. The number of aryl methyl sites for hydroxylation is 1. The third-order valence-electron chi connectivity index (χ3n) is 6.15. The number of nitrogens with one attached hydrogen (secondary N) is 1. The molecule has 0 saturated carbocycles. The lowest BCUT2D eigenvalue weighted by Gasteiger charge is -2.35. The number of rotatable bonds is 6. The van der Waals surface area contributed by atoms with E-state index in [0.717, 1.165) is 30.6 Å². The van der Waals surface area contributed by atoms with Crippen LogP contribution in [-0.4, -0.2) is 45.6 Å². The molecular weight excluding hydrogens is 496 g/mol. The molecule has 0 spiro atoms. The molecule has 11 heteroatoms. The summed E-state index contributed by atoms with van der Waals surface area (Å²) >= 11 is 7.37. The van der Waals surface area contributed by atoms with E-state index in [2.05, 4.69) is 14.6 Å². The van der Waals surface area contributed by atoms with E-state index in [4.69, 9.17) is 16.3 Å². The van der Waals surface area contributed by atoms with E-state index in [1.54, 1.807) is 16.3 Å². The Labute approximate surface area is 207 Å². The zero-order valence-electron chi connectivity index (χ0n) is 18.4.